The Hall–Kier alpha value is -0.950. The van der Waals surface area contributed by atoms with E-state index in [4.69, 9.17) is 0 Å². The molecular formula is C6H5F6NO. The first-order valence-corrected chi connectivity index (χ1v) is 3.19. The van der Waals surface area contributed by atoms with Crippen molar-refractivity contribution >= 4 is 5.91 Å². The lowest BCUT2D eigenvalue weighted by Gasteiger charge is -2.23. The maximum atomic E-state index is 11.6. The maximum absolute atomic E-state index is 11.6. The highest BCUT2D eigenvalue weighted by Crippen LogP contribution is 2.21. The number of halogens is 6. The minimum absolute atomic E-state index is 0.528. The van der Waals surface area contributed by atoms with E-state index in [1.807, 2.05) is 0 Å². The second kappa shape index (κ2) is 4.05. The molecule has 0 atom stereocenters. The highest BCUT2D eigenvalue weighted by Gasteiger charge is 2.38. The predicted molar refractivity (Wildman–Crippen MR) is 33.0 cm³/mol. The van der Waals surface area contributed by atoms with Crippen molar-refractivity contribution in [2.24, 2.45) is 0 Å². The molecule has 0 N–H and O–H groups in total. The average molecular weight is 221 g/mol. The largest absolute Gasteiger partial charge is 0.406 e. The second-order valence-corrected chi connectivity index (χ2v) is 2.42. The molecule has 1 amide bonds. The summed E-state index contributed by atoms with van der Waals surface area (Å²) >= 11 is 0. The van der Waals surface area contributed by atoms with Crippen LogP contribution in [-0.4, -0.2) is 36.2 Å². The van der Waals surface area contributed by atoms with Gasteiger partial charge in [-0.1, -0.05) is 0 Å². The molecule has 0 saturated carbocycles. The summed E-state index contributed by atoms with van der Waals surface area (Å²) in [5, 5.41) is 0. The van der Waals surface area contributed by atoms with Crippen LogP contribution in [0.5, 0.6) is 0 Å². The van der Waals surface area contributed by atoms with Crippen molar-refractivity contribution in [3.63, 3.8) is 0 Å². The first kappa shape index (κ1) is 13.0. The van der Waals surface area contributed by atoms with Crippen molar-refractivity contribution in [3.8, 4) is 0 Å². The zero-order valence-corrected chi connectivity index (χ0v) is 6.61. The van der Waals surface area contributed by atoms with Crippen LogP contribution < -0.4 is 0 Å². The van der Waals surface area contributed by atoms with E-state index in [0.29, 0.717) is 0 Å². The molecule has 0 aliphatic heterocycles. The van der Waals surface area contributed by atoms with Crippen LogP contribution in [0, 0.1) is 6.92 Å². The van der Waals surface area contributed by atoms with Crippen LogP contribution in [0.4, 0.5) is 26.3 Å². The molecule has 0 bridgehead atoms. The summed E-state index contributed by atoms with van der Waals surface area (Å²) < 4.78 is 69.7. The molecule has 0 heterocycles. The van der Waals surface area contributed by atoms with E-state index >= 15 is 0 Å². The normalized spacial score (nSPS) is 12.8. The topological polar surface area (TPSA) is 20.3 Å². The van der Waals surface area contributed by atoms with Crippen LogP contribution in [0.1, 0.15) is 0 Å². The van der Waals surface area contributed by atoms with Gasteiger partial charge < -0.3 is 4.90 Å². The van der Waals surface area contributed by atoms with Gasteiger partial charge in [-0.05, 0) is 0 Å². The lowest BCUT2D eigenvalue weighted by Crippen LogP contribution is -2.43. The lowest BCUT2D eigenvalue weighted by molar-refractivity contribution is -0.185. The molecule has 0 unspecified atom stereocenters. The molecular weight excluding hydrogens is 216 g/mol. The Kier molecular flexibility index (Phi) is 3.78. The molecule has 0 saturated heterocycles. The maximum Gasteiger partial charge on any atom is 0.406 e. The van der Waals surface area contributed by atoms with E-state index in [0.717, 1.165) is 0 Å². The molecule has 0 aromatic heterocycles. The Labute approximate surface area is 75.5 Å². The van der Waals surface area contributed by atoms with Gasteiger partial charge >= 0.3 is 12.4 Å². The van der Waals surface area contributed by atoms with Crippen LogP contribution in [0.15, 0.2) is 0 Å². The molecule has 82 valence electrons. The van der Waals surface area contributed by atoms with Crippen molar-refractivity contribution in [2.45, 2.75) is 12.4 Å². The van der Waals surface area contributed by atoms with E-state index in [1.54, 1.807) is 0 Å². The molecule has 0 aliphatic rings. The number of rotatable bonds is 2. The van der Waals surface area contributed by atoms with Gasteiger partial charge in [-0.3, -0.25) is 4.79 Å². The zero-order chi connectivity index (χ0) is 11.6. The first-order chi connectivity index (χ1) is 6.01. The molecule has 0 aliphatic carbocycles. The Morgan fingerprint density at radius 2 is 1.29 bits per heavy atom. The van der Waals surface area contributed by atoms with E-state index in [9.17, 15) is 31.1 Å². The summed E-state index contributed by atoms with van der Waals surface area (Å²) in [7, 11) is 0. The van der Waals surface area contributed by atoms with Crippen molar-refractivity contribution in [3.05, 3.63) is 6.92 Å². The van der Waals surface area contributed by atoms with Gasteiger partial charge in [0.1, 0.15) is 13.1 Å². The fourth-order valence-electron chi connectivity index (χ4n) is 0.645. The number of alkyl halides is 6. The number of carbonyl (C=O) groups is 1. The summed E-state index contributed by atoms with van der Waals surface area (Å²) in [4.78, 5) is 9.68. The summed E-state index contributed by atoms with van der Waals surface area (Å²) in [5.74, 6) is -1.76. The molecule has 0 aromatic rings. The second-order valence-electron chi connectivity index (χ2n) is 2.42. The molecule has 2 radical (unpaired) electrons. The third-order valence-corrected chi connectivity index (χ3v) is 1.05. The number of hydrogen-bond acceptors (Lipinski definition) is 1. The van der Waals surface area contributed by atoms with Crippen molar-refractivity contribution in [1.29, 1.82) is 0 Å². The van der Waals surface area contributed by atoms with Gasteiger partial charge in [-0.25, -0.2) is 0 Å². The number of hydrogen-bond donors (Lipinski definition) is 0. The molecule has 0 rings (SSSR count). The predicted octanol–water partition coefficient (Wildman–Crippen LogP) is 1.65. The molecule has 0 spiro atoms. The van der Waals surface area contributed by atoms with E-state index in [2.05, 4.69) is 6.92 Å². The van der Waals surface area contributed by atoms with Crippen LogP contribution in [0.2, 0.25) is 0 Å². The van der Waals surface area contributed by atoms with Gasteiger partial charge in [0.25, 0.3) is 0 Å². The molecule has 0 aromatic carbocycles. The highest BCUT2D eigenvalue weighted by atomic mass is 19.4. The lowest BCUT2D eigenvalue weighted by atomic mass is 10.4. The number of carbonyl (C=O) groups excluding carboxylic acids is 1. The summed E-state index contributed by atoms with van der Waals surface area (Å²) in [6, 6.07) is 0. The van der Waals surface area contributed by atoms with E-state index < -0.39 is 36.2 Å². The van der Waals surface area contributed by atoms with Gasteiger partial charge in [-0.15, -0.1) is 0 Å². The first-order valence-electron chi connectivity index (χ1n) is 3.19. The average Bonchev–Trinajstić information content (AvgIpc) is 1.78. The SMILES string of the molecule is [CH]C(=O)N(CC(F)(F)F)CC(F)(F)F. The Morgan fingerprint density at radius 3 is 1.43 bits per heavy atom. The minimum atomic E-state index is -4.90. The standard InChI is InChI=1S/C6H5F6NO/c1-4(14)13(2-5(7,8)9)3-6(10,11)12/h1H,2-3H2. The fourth-order valence-corrected chi connectivity index (χ4v) is 0.645. The molecule has 8 heteroatoms. The summed E-state index contributed by atoms with van der Waals surface area (Å²) in [5.41, 5.74) is 0. The minimum Gasteiger partial charge on any atom is -0.324 e. The van der Waals surface area contributed by atoms with Gasteiger partial charge in [0.15, 0.2) is 0 Å². The van der Waals surface area contributed by atoms with Gasteiger partial charge in [0, 0.05) is 0 Å². The zero-order valence-electron chi connectivity index (χ0n) is 6.61. The number of nitrogens with zero attached hydrogens (tertiary/aromatic N) is 1. The van der Waals surface area contributed by atoms with Crippen LogP contribution in [0.3, 0.4) is 0 Å². The van der Waals surface area contributed by atoms with Gasteiger partial charge in [0.2, 0.25) is 5.91 Å². The quantitative estimate of drug-likeness (QED) is 0.649. The number of amides is 1. The Bertz CT molecular complexity index is 191. The van der Waals surface area contributed by atoms with Crippen LogP contribution >= 0.6 is 0 Å². The smallest absolute Gasteiger partial charge is 0.324 e. The van der Waals surface area contributed by atoms with Crippen molar-refractivity contribution in [1.82, 2.24) is 4.90 Å². The summed E-state index contributed by atoms with van der Waals surface area (Å²) in [6.07, 6.45) is -9.80. The Balaban J connectivity index is 4.40. The van der Waals surface area contributed by atoms with E-state index in [-0.39, 0.29) is 0 Å². The molecule has 0 fully saturated rings. The van der Waals surface area contributed by atoms with Crippen molar-refractivity contribution < 1.29 is 31.1 Å². The van der Waals surface area contributed by atoms with Gasteiger partial charge in [0.05, 0.1) is 6.92 Å². The molecule has 2 nitrogen and oxygen atoms in total. The molecule has 14 heavy (non-hydrogen) atoms. The summed E-state index contributed by atoms with van der Waals surface area (Å²) in [6.45, 7) is 0.314. The highest BCUT2D eigenvalue weighted by molar-refractivity contribution is 5.80. The third kappa shape index (κ3) is 6.55. The van der Waals surface area contributed by atoms with Gasteiger partial charge in [-0.2, -0.15) is 26.3 Å². The van der Waals surface area contributed by atoms with Crippen molar-refractivity contribution in [2.75, 3.05) is 13.1 Å². The van der Waals surface area contributed by atoms with Crippen LogP contribution in [0.25, 0.3) is 0 Å². The van der Waals surface area contributed by atoms with Crippen LogP contribution in [-0.2, 0) is 4.79 Å². The fraction of sp³-hybridized carbons (Fsp3) is 0.667. The third-order valence-electron chi connectivity index (χ3n) is 1.05. The van der Waals surface area contributed by atoms with E-state index in [1.165, 1.54) is 0 Å². The monoisotopic (exact) mass is 221 g/mol. The Morgan fingerprint density at radius 1 is 1.00 bits per heavy atom.